The number of hydrogen-bond donors (Lipinski definition) is 1. The molecular weight excluding hydrogens is 319 g/mol. The van der Waals surface area contributed by atoms with Gasteiger partial charge in [-0.25, -0.2) is 9.18 Å². The van der Waals surface area contributed by atoms with Crippen molar-refractivity contribution in [2.24, 2.45) is 0 Å². The van der Waals surface area contributed by atoms with E-state index in [2.05, 4.69) is 16.3 Å². The summed E-state index contributed by atoms with van der Waals surface area (Å²) in [6.45, 7) is 8.14. The molecule has 1 atom stereocenters. The fourth-order valence-corrected chi connectivity index (χ4v) is 3.19. The number of benzene rings is 2. The van der Waals surface area contributed by atoms with Crippen LogP contribution in [0.15, 0.2) is 36.4 Å². The van der Waals surface area contributed by atoms with Gasteiger partial charge in [-0.15, -0.1) is 0 Å². The average molecular weight is 344 g/mol. The number of halogens is 1. The summed E-state index contributed by atoms with van der Waals surface area (Å²) in [6, 6.07) is 11.1. The summed E-state index contributed by atoms with van der Waals surface area (Å²) >= 11 is 0. The van der Waals surface area contributed by atoms with Gasteiger partial charge in [-0.05, 0) is 61.7 Å². The molecule has 1 amide bonds. The van der Waals surface area contributed by atoms with Crippen LogP contribution in [0.4, 0.5) is 9.18 Å². The molecule has 1 heterocycles. The quantitative estimate of drug-likeness (QED) is 0.912. The Morgan fingerprint density at radius 3 is 2.72 bits per heavy atom. The highest BCUT2D eigenvalue weighted by Gasteiger charge is 2.26. The lowest BCUT2D eigenvalue weighted by atomic mass is 10.1. The fraction of sp³-hybridized carbons (Fsp3) is 0.450. The minimum atomic E-state index is -0.479. The molecule has 5 heteroatoms. The molecule has 0 bridgehead atoms. The van der Waals surface area contributed by atoms with Crippen molar-refractivity contribution < 1.29 is 13.9 Å². The molecule has 2 aromatic rings. The lowest BCUT2D eigenvalue weighted by Gasteiger charge is -2.22. The second kappa shape index (κ2) is 7.00. The largest absolute Gasteiger partial charge is 0.444 e. The molecular formula is C20H25FN2O2. The van der Waals surface area contributed by atoms with Crippen LogP contribution in [0.25, 0.3) is 10.8 Å². The number of alkyl carbamates (subject to hydrolysis) is 1. The highest BCUT2D eigenvalue weighted by molar-refractivity contribution is 5.83. The van der Waals surface area contributed by atoms with E-state index in [-0.39, 0.29) is 18.0 Å². The third-order valence-electron chi connectivity index (χ3n) is 4.27. The zero-order valence-electron chi connectivity index (χ0n) is 15.0. The van der Waals surface area contributed by atoms with Crippen molar-refractivity contribution in [3.63, 3.8) is 0 Å². The first-order valence-corrected chi connectivity index (χ1v) is 8.68. The number of fused-ring (bicyclic) bond motifs is 1. The van der Waals surface area contributed by atoms with Crippen LogP contribution in [0.2, 0.25) is 0 Å². The van der Waals surface area contributed by atoms with E-state index in [1.54, 1.807) is 6.07 Å². The molecule has 1 fully saturated rings. The fourth-order valence-electron chi connectivity index (χ4n) is 3.19. The molecule has 0 aromatic heterocycles. The normalized spacial score (nSPS) is 18.5. The van der Waals surface area contributed by atoms with Gasteiger partial charge in [0, 0.05) is 25.7 Å². The summed E-state index contributed by atoms with van der Waals surface area (Å²) in [7, 11) is 0. The molecule has 4 nitrogen and oxygen atoms in total. The van der Waals surface area contributed by atoms with Crippen LogP contribution in [0.5, 0.6) is 0 Å². The molecule has 0 spiro atoms. The highest BCUT2D eigenvalue weighted by Crippen LogP contribution is 2.20. The smallest absolute Gasteiger partial charge is 0.407 e. The molecule has 2 aromatic carbocycles. The van der Waals surface area contributed by atoms with Gasteiger partial charge in [0.1, 0.15) is 11.4 Å². The first kappa shape index (κ1) is 17.7. The molecule has 1 aliphatic heterocycles. The number of nitrogens with zero attached hydrogens (tertiary/aromatic N) is 1. The van der Waals surface area contributed by atoms with Gasteiger partial charge >= 0.3 is 6.09 Å². The van der Waals surface area contributed by atoms with E-state index in [0.717, 1.165) is 36.8 Å². The second-order valence-corrected chi connectivity index (χ2v) is 7.69. The Bertz CT molecular complexity index is 770. The lowest BCUT2D eigenvalue weighted by molar-refractivity contribution is 0.0506. The maximum atomic E-state index is 13.3. The van der Waals surface area contributed by atoms with Crippen LogP contribution in [-0.2, 0) is 11.3 Å². The van der Waals surface area contributed by atoms with Gasteiger partial charge in [-0.2, -0.15) is 0 Å². The Morgan fingerprint density at radius 2 is 1.96 bits per heavy atom. The maximum absolute atomic E-state index is 13.3. The average Bonchev–Trinajstić information content (AvgIpc) is 2.92. The van der Waals surface area contributed by atoms with Crippen molar-refractivity contribution in [1.29, 1.82) is 0 Å². The van der Waals surface area contributed by atoms with Gasteiger partial charge < -0.3 is 10.1 Å². The van der Waals surface area contributed by atoms with Crippen LogP contribution in [0, 0.1) is 5.82 Å². The molecule has 25 heavy (non-hydrogen) atoms. The molecule has 0 unspecified atom stereocenters. The predicted octanol–water partition coefficient (Wildman–Crippen LogP) is 4.08. The Kier molecular flexibility index (Phi) is 4.95. The van der Waals surface area contributed by atoms with E-state index in [1.165, 1.54) is 11.6 Å². The minimum absolute atomic E-state index is 0.115. The van der Waals surface area contributed by atoms with Crippen molar-refractivity contribution in [3.8, 4) is 0 Å². The van der Waals surface area contributed by atoms with Crippen molar-refractivity contribution in [2.45, 2.75) is 45.4 Å². The van der Waals surface area contributed by atoms with E-state index in [1.807, 2.05) is 39.0 Å². The van der Waals surface area contributed by atoms with Gasteiger partial charge in [0.05, 0.1) is 0 Å². The van der Waals surface area contributed by atoms with Gasteiger partial charge in [0.25, 0.3) is 0 Å². The number of nitrogens with one attached hydrogen (secondary N) is 1. The lowest BCUT2D eigenvalue weighted by Crippen LogP contribution is -2.40. The zero-order chi connectivity index (χ0) is 18.0. The third-order valence-corrected chi connectivity index (χ3v) is 4.27. The Balaban J connectivity index is 1.56. The number of hydrogen-bond acceptors (Lipinski definition) is 3. The summed E-state index contributed by atoms with van der Waals surface area (Å²) in [5.74, 6) is -0.212. The summed E-state index contributed by atoms with van der Waals surface area (Å²) in [5, 5.41) is 4.90. The SMILES string of the molecule is CC(C)(C)OC(=O)N[C@@H]1CCN(Cc2ccc3cc(F)ccc3c2)C1. The molecule has 3 rings (SSSR count). The molecule has 134 valence electrons. The number of carbonyl (C=O) groups is 1. The van der Waals surface area contributed by atoms with E-state index in [4.69, 9.17) is 4.74 Å². The summed E-state index contributed by atoms with van der Waals surface area (Å²) in [6.07, 6.45) is 0.560. The highest BCUT2D eigenvalue weighted by atomic mass is 19.1. The van der Waals surface area contributed by atoms with Gasteiger partial charge in [0.2, 0.25) is 0 Å². The Hall–Kier alpha value is -2.14. The van der Waals surface area contributed by atoms with Crippen LogP contribution < -0.4 is 5.32 Å². The Labute approximate surface area is 148 Å². The van der Waals surface area contributed by atoms with Crippen molar-refractivity contribution in [1.82, 2.24) is 10.2 Å². The van der Waals surface area contributed by atoms with Gasteiger partial charge in [-0.1, -0.05) is 18.2 Å². The molecule has 1 N–H and O–H groups in total. The van der Waals surface area contributed by atoms with Crippen molar-refractivity contribution in [3.05, 3.63) is 47.8 Å². The summed E-state index contributed by atoms with van der Waals surface area (Å²) in [4.78, 5) is 14.2. The monoisotopic (exact) mass is 344 g/mol. The molecule has 0 saturated carbocycles. The number of rotatable bonds is 3. The minimum Gasteiger partial charge on any atom is -0.444 e. The summed E-state index contributed by atoms with van der Waals surface area (Å²) in [5.41, 5.74) is 0.712. The number of carbonyl (C=O) groups excluding carboxylic acids is 1. The number of amides is 1. The molecule has 1 saturated heterocycles. The van der Waals surface area contributed by atoms with E-state index >= 15 is 0 Å². The first-order chi connectivity index (χ1) is 11.8. The van der Waals surface area contributed by atoms with Gasteiger partial charge in [-0.3, -0.25) is 4.90 Å². The summed E-state index contributed by atoms with van der Waals surface area (Å²) < 4.78 is 18.6. The molecule has 1 aliphatic rings. The van der Waals surface area contributed by atoms with Crippen molar-refractivity contribution in [2.75, 3.05) is 13.1 Å². The first-order valence-electron chi connectivity index (χ1n) is 8.68. The van der Waals surface area contributed by atoms with E-state index < -0.39 is 5.60 Å². The maximum Gasteiger partial charge on any atom is 0.407 e. The number of ether oxygens (including phenoxy) is 1. The zero-order valence-corrected chi connectivity index (χ0v) is 15.0. The Morgan fingerprint density at radius 1 is 1.24 bits per heavy atom. The molecule has 0 aliphatic carbocycles. The van der Waals surface area contributed by atoms with Crippen LogP contribution in [-0.4, -0.2) is 35.7 Å². The second-order valence-electron chi connectivity index (χ2n) is 7.69. The van der Waals surface area contributed by atoms with Crippen molar-refractivity contribution >= 4 is 16.9 Å². The topological polar surface area (TPSA) is 41.6 Å². The molecule has 0 radical (unpaired) electrons. The standard InChI is InChI=1S/C20H25FN2O2/c1-20(2,3)25-19(24)22-18-8-9-23(13-18)12-14-4-5-16-11-17(21)7-6-15(16)10-14/h4-7,10-11,18H,8-9,12-13H2,1-3H3,(H,22,24)/t18-/m1/s1. The third kappa shape index (κ3) is 4.92. The van der Waals surface area contributed by atoms with E-state index in [9.17, 15) is 9.18 Å². The number of likely N-dealkylation sites (tertiary alicyclic amines) is 1. The van der Waals surface area contributed by atoms with Crippen LogP contribution in [0.3, 0.4) is 0 Å². The van der Waals surface area contributed by atoms with E-state index in [0.29, 0.717) is 0 Å². The van der Waals surface area contributed by atoms with Crippen LogP contribution >= 0.6 is 0 Å². The van der Waals surface area contributed by atoms with Gasteiger partial charge in [0.15, 0.2) is 0 Å². The predicted molar refractivity (Wildman–Crippen MR) is 97.0 cm³/mol. The van der Waals surface area contributed by atoms with Crippen LogP contribution in [0.1, 0.15) is 32.8 Å².